The minimum absolute atomic E-state index is 1.49. The Kier molecular flexibility index (Phi) is 7.69. The van der Waals surface area contributed by atoms with Crippen molar-refractivity contribution in [3.63, 3.8) is 0 Å². The van der Waals surface area contributed by atoms with E-state index >= 15 is 0 Å². The van der Waals surface area contributed by atoms with Crippen LogP contribution in [0.5, 0.6) is 0 Å². The number of aliphatic hydroxyl groups is 1. The van der Waals surface area contributed by atoms with Gasteiger partial charge in [0.25, 0.3) is 0 Å². The van der Waals surface area contributed by atoms with Crippen LogP contribution in [-0.4, -0.2) is 59.2 Å². The second kappa shape index (κ2) is 7.98. The lowest BCUT2D eigenvalue weighted by Gasteiger charge is -2.39. The lowest BCUT2D eigenvalue weighted by Crippen LogP contribution is -2.64. The van der Waals surface area contributed by atoms with Crippen molar-refractivity contribution in [3.05, 3.63) is 0 Å². The van der Waals surface area contributed by atoms with Gasteiger partial charge < -0.3 is 5.11 Å². The largest absolute Gasteiger partial charge is 0.478 e. The summed E-state index contributed by atoms with van der Waals surface area (Å²) in [6.45, 7) is 0. The van der Waals surface area contributed by atoms with Gasteiger partial charge in [-0.1, -0.05) is 11.6 Å². The Labute approximate surface area is 165 Å². The van der Waals surface area contributed by atoms with E-state index in [1.807, 2.05) is 0 Å². The van der Waals surface area contributed by atoms with Gasteiger partial charge in [-0.25, -0.2) is 18.6 Å². The zero-order chi connectivity index (χ0) is 26.6. The maximum atomic E-state index is 13.7. The average molecular weight is 551 g/mol. The van der Waals surface area contributed by atoms with Crippen molar-refractivity contribution < 1.29 is 98.3 Å². The molecule has 0 bridgehead atoms. The zero-order valence-electron chi connectivity index (χ0n) is 13.4. The molecule has 0 rings (SSSR count). The summed E-state index contributed by atoms with van der Waals surface area (Å²) >= 11 is 3.54. The molecular formula is C9HClF18O4. The van der Waals surface area contributed by atoms with Crippen molar-refractivity contribution in [2.45, 2.75) is 54.1 Å². The first-order valence-corrected chi connectivity index (χ1v) is 6.67. The third-order valence-electron chi connectivity index (χ3n) is 2.54. The van der Waals surface area contributed by atoms with Crippen LogP contribution in [0.25, 0.3) is 0 Å². The third-order valence-corrected chi connectivity index (χ3v) is 2.97. The first-order valence-electron chi connectivity index (χ1n) is 6.29. The summed E-state index contributed by atoms with van der Waals surface area (Å²) in [7, 11) is 0. The highest BCUT2D eigenvalue weighted by molar-refractivity contribution is 6.24. The van der Waals surface area contributed by atoms with Crippen LogP contribution in [0.2, 0.25) is 0 Å². The van der Waals surface area contributed by atoms with Crippen LogP contribution < -0.4 is 0 Å². The van der Waals surface area contributed by atoms with E-state index in [9.17, 15) is 79.0 Å². The highest BCUT2D eigenvalue weighted by Crippen LogP contribution is 2.55. The number of ether oxygens (including phenoxy) is 3. The van der Waals surface area contributed by atoms with Gasteiger partial charge in [-0.05, 0) is 0 Å². The van der Waals surface area contributed by atoms with Crippen LogP contribution in [-0.2, 0) is 14.2 Å². The van der Waals surface area contributed by atoms with E-state index in [0.717, 1.165) is 0 Å². The molecule has 0 saturated carbocycles. The minimum Gasteiger partial charge on any atom is -0.332 e. The molecule has 4 unspecified atom stereocenters. The molecular weight excluding hydrogens is 550 g/mol. The van der Waals surface area contributed by atoms with Crippen molar-refractivity contribution in [3.8, 4) is 0 Å². The molecule has 0 spiro atoms. The molecule has 0 saturated heterocycles. The molecule has 4 atom stereocenters. The van der Waals surface area contributed by atoms with Crippen molar-refractivity contribution in [2.24, 2.45) is 0 Å². The highest BCUT2D eigenvalue weighted by Gasteiger charge is 2.81. The number of hydrogen-bond acceptors (Lipinski definition) is 4. The van der Waals surface area contributed by atoms with E-state index < -0.39 is 54.1 Å². The summed E-state index contributed by atoms with van der Waals surface area (Å²) in [5.74, 6) is 0. The Morgan fingerprint density at radius 3 is 1.00 bits per heavy atom. The molecule has 0 aromatic heterocycles. The first-order chi connectivity index (χ1) is 13.4. The van der Waals surface area contributed by atoms with E-state index in [1.54, 1.807) is 4.74 Å². The monoisotopic (exact) mass is 550 g/mol. The predicted molar refractivity (Wildman–Crippen MR) is 55.8 cm³/mol. The predicted octanol–water partition coefficient (Wildman–Crippen LogP) is 5.65. The Balaban J connectivity index is 6.62. The standard InChI is InChI=1S/C9HClF18O4/c10-1(11,2(12,13)14)6(24,25)30-8(27,4(18,19)20)32-9(28,5(21,22)23)31-7(26,29)3(15,16)17/h29H. The number of rotatable bonds is 7. The molecule has 0 aliphatic heterocycles. The topological polar surface area (TPSA) is 47.9 Å². The quantitative estimate of drug-likeness (QED) is 0.253. The lowest BCUT2D eigenvalue weighted by molar-refractivity contribution is -0.610. The Morgan fingerprint density at radius 1 is 0.438 bits per heavy atom. The third kappa shape index (κ3) is 5.86. The molecule has 0 aromatic carbocycles. The molecule has 32 heavy (non-hydrogen) atoms. The summed E-state index contributed by atoms with van der Waals surface area (Å²) in [5.41, 5.74) is 0. The van der Waals surface area contributed by atoms with Crippen LogP contribution in [0.3, 0.4) is 0 Å². The van der Waals surface area contributed by atoms with Gasteiger partial charge in [-0.2, -0.15) is 74.6 Å². The summed E-state index contributed by atoms with van der Waals surface area (Å²) in [4.78, 5) is 0. The maximum absolute atomic E-state index is 13.7. The number of alkyl halides is 19. The van der Waals surface area contributed by atoms with Crippen LogP contribution in [0.4, 0.5) is 79.0 Å². The zero-order valence-corrected chi connectivity index (χ0v) is 14.1. The fourth-order valence-electron chi connectivity index (χ4n) is 1.07. The van der Waals surface area contributed by atoms with Gasteiger partial charge in [-0.15, -0.1) is 0 Å². The summed E-state index contributed by atoms with van der Waals surface area (Å²) in [5, 5.41) is 1.04. The molecule has 0 fully saturated rings. The van der Waals surface area contributed by atoms with E-state index in [4.69, 9.17) is 5.11 Å². The number of hydrogen-bond donors (Lipinski definition) is 1. The molecule has 4 nitrogen and oxygen atoms in total. The van der Waals surface area contributed by atoms with Crippen molar-refractivity contribution in [1.29, 1.82) is 0 Å². The van der Waals surface area contributed by atoms with Gasteiger partial charge in [-0.3, -0.25) is 0 Å². The van der Waals surface area contributed by atoms with Crippen molar-refractivity contribution >= 4 is 11.6 Å². The molecule has 194 valence electrons. The molecule has 0 aliphatic rings. The Morgan fingerprint density at radius 2 is 0.750 bits per heavy atom. The van der Waals surface area contributed by atoms with Gasteiger partial charge in [0.15, 0.2) is 0 Å². The van der Waals surface area contributed by atoms with Crippen LogP contribution in [0.15, 0.2) is 0 Å². The van der Waals surface area contributed by atoms with Crippen molar-refractivity contribution in [2.75, 3.05) is 0 Å². The fraction of sp³-hybridized carbons (Fsp3) is 1.00. The summed E-state index contributed by atoms with van der Waals surface area (Å²) in [6.07, 6.45) is -37.3. The molecule has 0 aromatic rings. The minimum atomic E-state index is -7.76. The SMILES string of the molecule is OC(F)(OC(F)(OC(F)(OC(F)(F)C(F)(Cl)C(F)(F)F)C(F)(F)F)C(F)(F)F)C(F)(F)F. The second-order valence-electron chi connectivity index (χ2n) is 5.02. The molecule has 0 amide bonds. The van der Waals surface area contributed by atoms with Crippen LogP contribution >= 0.6 is 11.6 Å². The van der Waals surface area contributed by atoms with Crippen LogP contribution in [0, 0.1) is 0 Å². The Hall–Kier alpha value is -1.13. The lowest BCUT2D eigenvalue weighted by atomic mass is 10.3. The highest BCUT2D eigenvalue weighted by atomic mass is 35.5. The molecule has 23 heteroatoms. The maximum Gasteiger partial charge on any atom is 0.478 e. The summed E-state index contributed by atoms with van der Waals surface area (Å²) in [6, 6.07) is -22.3. The van der Waals surface area contributed by atoms with E-state index in [-0.39, 0.29) is 0 Å². The smallest absolute Gasteiger partial charge is 0.332 e. The van der Waals surface area contributed by atoms with Gasteiger partial charge in [0.05, 0.1) is 0 Å². The first kappa shape index (κ1) is 30.9. The van der Waals surface area contributed by atoms with Gasteiger partial charge >= 0.3 is 54.1 Å². The average Bonchev–Trinajstić information content (AvgIpc) is 2.40. The van der Waals surface area contributed by atoms with Crippen molar-refractivity contribution in [1.82, 2.24) is 0 Å². The molecule has 0 aliphatic carbocycles. The fourth-order valence-corrected chi connectivity index (χ4v) is 1.11. The van der Waals surface area contributed by atoms with E-state index in [0.29, 0.717) is 0 Å². The van der Waals surface area contributed by atoms with E-state index in [2.05, 4.69) is 11.6 Å². The summed E-state index contributed by atoms with van der Waals surface area (Å²) < 4.78 is 231. The Bertz CT molecular complexity index is 663. The van der Waals surface area contributed by atoms with E-state index in [1.165, 1.54) is 9.47 Å². The second-order valence-corrected chi connectivity index (χ2v) is 5.54. The number of halogens is 19. The van der Waals surface area contributed by atoms with Crippen LogP contribution in [0.1, 0.15) is 0 Å². The van der Waals surface area contributed by atoms with Gasteiger partial charge in [0, 0.05) is 0 Å². The van der Waals surface area contributed by atoms with Gasteiger partial charge in [0.1, 0.15) is 0 Å². The molecule has 0 heterocycles. The molecule has 1 N–H and O–H groups in total. The van der Waals surface area contributed by atoms with Gasteiger partial charge in [0.2, 0.25) is 0 Å². The molecule has 0 radical (unpaired) electrons. The normalized spacial score (nSPS) is 22.5.